The highest BCUT2D eigenvalue weighted by Gasteiger charge is 2.40. The number of aromatic nitrogens is 3. The summed E-state index contributed by atoms with van der Waals surface area (Å²) in [6.07, 6.45) is 6.93. The summed E-state index contributed by atoms with van der Waals surface area (Å²) in [6, 6.07) is 4.62. The second kappa shape index (κ2) is 5.02. The van der Waals surface area contributed by atoms with Crippen LogP contribution in [0.4, 0.5) is 5.82 Å². The summed E-state index contributed by atoms with van der Waals surface area (Å²) in [6.45, 7) is 5.31. The Hall–Kier alpha value is -2.01. The lowest BCUT2D eigenvalue weighted by Gasteiger charge is -2.36. The van der Waals surface area contributed by atoms with Crippen LogP contribution in [0.1, 0.15) is 31.0 Å². The number of pyridine rings is 1. The van der Waals surface area contributed by atoms with Crippen molar-refractivity contribution >= 4 is 5.82 Å². The van der Waals surface area contributed by atoms with Crippen molar-refractivity contribution in [2.24, 2.45) is 0 Å². The van der Waals surface area contributed by atoms with Gasteiger partial charge in [-0.3, -0.25) is 0 Å². The van der Waals surface area contributed by atoms with Crippen molar-refractivity contribution in [1.29, 1.82) is 0 Å². The van der Waals surface area contributed by atoms with E-state index in [-0.39, 0.29) is 5.54 Å². The van der Waals surface area contributed by atoms with Crippen LogP contribution in [0, 0.1) is 6.92 Å². The summed E-state index contributed by atoms with van der Waals surface area (Å²) in [5.74, 6) is 1.80. The van der Waals surface area contributed by atoms with E-state index in [9.17, 15) is 0 Å². The number of nitrogens with one attached hydrogen (secondary N) is 2. The average molecular weight is 295 g/mol. The molecule has 0 bridgehead atoms. The highest BCUT2D eigenvalue weighted by molar-refractivity contribution is 5.64. The summed E-state index contributed by atoms with van der Waals surface area (Å²) in [7, 11) is 0. The maximum atomic E-state index is 4.82. The first kappa shape index (κ1) is 13.6. The van der Waals surface area contributed by atoms with Gasteiger partial charge in [-0.15, -0.1) is 0 Å². The number of fused-ring (bicyclic) bond motifs is 1. The molecule has 5 nitrogen and oxygen atoms in total. The molecule has 0 aliphatic carbocycles. The van der Waals surface area contributed by atoms with Gasteiger partial charge in [0.1, 0.15) is 5.82 Å². The molecule has 5 heteroatoms. The van der Waals surface area contributed by atoms with E-state index in [1.165, 1.54) is 5.56 Å². The molecule has 2 N–H and O–H groups in total. The minimum Gasteiger partial charge on any atom is -0.363 e. The number of rotatable bonds is 1. The SMILES string of the molecule is Cc1nc2c(cc1-c1ncccn1)CCC1(CNC(C)C1)N2. The van der Waals surface area contributed by atoms with Gasteiger partial charge in [-0.2, -0.15) is 0 Å². The van der Waals surface area contributed by atoms with E-state index in [4.69, 9.17) is 4.98 Å². The predicted molar refractivity (Wildman–Crippen MR) is 86.8 cm³/mol. The van der Waals surface area contributed by atoms with E-state index in [1.54, 1.807) is 12.4 Å². The summed E-state index contributed by atoms with van der Waals surface area (Å²) in [4.78, 5) is 13.5. The highest BCUT2D eigenvalue weighted by atomic mass is 15.1. The standard InChI is InChI=1S/C17H21N5/c1-11-9-17(10-20-11)5-4-13-8-14(12(2)21-15(13)22-17)16-18-6-3-7-19-16/h3,6-8,11,20H,4-5,9-10H2,1-2H3,(H,21,22). The zero-order valence-corrected chi connectivity index (χ0v) is 13.1. The Morgan fingerprint density at radius 2 is 2.09 bits per heavy atom. The quantitative estimate of drug-likeness (QED) is 0.845. The van der Waals surface area contributed by atoms with Crippen molar-refractivity contribution in [3.63, 3.8) is 0 Å². The molecule has 2 aliphatic rings. The molecule has 1 saturated heterocycles. The van der Waals surface area contributed by atoms with Crippen molar-refractivity contribution < 1.29 is 0 Å². The smallest absolute Gasteiger partial charge is 0.160 e. The van der Waals surface area contributed by atoms with Crippen LogP contribution in [0.2, 0.25) is 0 Å². The minimum atomic E-state index is 0.177. The molecule has 0 amide bonds. The molecule has 2 atom stereocenters. The second-order valence-corrected chi connectivity index (χ2v) is 6.59. The Morgan fingerprint density at radius 1 is 1.27 bits per heavy atom. The van der Waals surface area contributed by atoms with Crippen LogP contribution in [0.3, 0.4) is 0 Å². The third-order valence-electron chi connectivity index (χ3n) is 4.84. The molecule has 2 aromatic heterocycles. The highest BCUT2D eigenvalue weighted by Crippen LogP contribution is 2.36. The van der Waals surface area contributed by atoms with E-state index >= 15 is 0 Å². The molecule has 2 aliphatic heterocycles. The van der Waals surface area contributed by atoms with Crippen molar-refractivity contribution in [2.75, 3.05) is 11.9 Å². The molecule has 1 spiro atoms. The largest absolute Gasteiger partial charge is 0.363 e. The molecular weight excluding hydrogens is 274 g/mol. The molecule has 0 radical (unpaired) electrons. The Labute approximate surface area is 130 Å². The maximum Gasteiger partial charge on any atom is 0.160 e. The molecular formula is C17H21N5. The first-order valence-electron chi connectivity index (χ1n) is 7.95. The fraction of sp³-hybridized carbons (Fsp3) is 0.471. The Morgan fingerprint density at radius 3 is 2.82 bits per heavy atom. The third-order valence-corrected chi connectivity index (χ3v) is 4.84. The van der Waals surface area contributed by atoms with Gasteiger partial charge in [0.05, 0.1) is 11.2 Å². The van der Waals surface area contributed by atoms with Crippen molar-refractivity contribution in [3.05, 3.63) is 35.8 Å². The van der Waals surface area contributed by atoms with Crippen LogP contribution in [0.25, 0.3) is 11.4 Å². The third kappa shape index (κ3) is 2.25. The van der Waals surface area contributed by atoms with Gasteiger partial charge in [-0.25, -0.2) is 15.0 Å². The van der Waals surface area contributed by atoms with Gasteiger partial charge < -0.3 is 10.6 Å². The normalized spacial score (nSPS) is 26.7. The summed E-state index contributed by atoms with van der Waals surface area (Å²) in [5.41, 5.74) is 3.47. The number of anilines is 1. The van der Waals surface area contributed by atoms with E-state index in [2.05, 4.69) is 33.6 Å². The van der Waals surface area contributed by atoms with E-state index < -0.39 is 0 Å². The lowest BCUT2D eigenvalue weighted by molar-refractivity contribution is 0.446. The van der Waals surface area contributed by atoms with Gasteiger partial charge in [-0.1, -0.05) is 0 Å². The fourth-order valence-corrected chi connectivity index (χ4v) is 3.68. The van der Waals surface area contributed by atoms with Crippen LogP contribution < -0.4 is 10.6 Å². The topological polar surface area (TPSA) is 62.7 Å². The van der Waals surface area contributed by atoms with Crippen LogP contribution in [0.15, 0.2) is 24.5 Å². The first-order chi connectivity index (χ1) is 10.7. The van der Waals surface area contributed by atoms with E-state index in [0.717, 1.165) is 48.7 Å². The van der Waals surface area contributed by atoms with Crippen molar-refractivity contribution in [3.8, 4) is 11.4 Å². The molecule has 0 aromatic carbocycles. The van der Waals surface area contributed by atoms with E-state index in [1.807, 2.05) is 13.0 Å². The summed E-state index contributed by atoms with van der Waals surface area (Å²) < 4.78 is 0. The number of hydrogen-bond donors (Lipinski definition) is 2. The van der Waals surface area contributed by atoms with E-state index in [0.29, 0.717) is 6.04 Å². The van der Waals surface area contributed by atoms with Gasteiger partial charge in [0, 0.05) is 30.5 Å². The maximum absolute atomic E-state index is 4.82. The van der Waals surface area contributed by atoms with Crippen LogP contribution >= 0.6 is 0 Å². The Balaban J connectivity index is 1.70. The van der Waals surface area contributed by atoms with Crippen molar-refractivity contribution in [2.45, 2.75) is 44.7 Å². The second-order valence-electron chi connectivity index (χ2n) is 6.59. The van der Waals surface area contributed by atoms with Crippen molar-refractivity contribution in [1.82, 2.24) is 20.3 Å². The molecule has 2 aromatic rings. The number of hydrogen-bond acceptors (Lipinski definition) is 5. The Bertz CT molecular complexity index is 700. The summed E-state index contributed by atoms with van der Waals surface area (Å²) >= 11 is 0. The van der Waals surface area contributed by atoms with Gasteiger partial charge in [-0.05, 0) is 50.8 Å². The summed E-state index contributed by atoms with van der Waals surface area (Å²) in [5, 5.41) is 7.26. The molecule has 0 saturated carbocycles. The molecule has 1 fully saturated rings. The molecule has 2 unspecified atom stereocenters. The lowest BCUT2D eigenvalue weighted by atomic mass is 9.85. The first-order valence-corrected chi connectivity index (χ1v) is 7.95. The number of aryl methyl sites for hydroxylation is 2. The van der Waals surface area contributed by atoms with Crippen LogP contribution in [-0.4, -0.2) is 33.1 Å². The lowest BCUT2D eigenvalue weighted by Crippen LogP contribution is -2.44. The average Bonchev–Trinajstić information content (AvgIpc) is 2.88. The zero-order valence-electron chi connectivity index (χ0n) is 13.1. The van der Waals surface area contributed by atoms with Gasteiger partial charge in [0.25, 0.3) is 0 Å². The van der Waals surface area contributed by atoms with Crippen LogP contribution in [0.5, 0.6) is 0 Å². The zero-order chi connectivity index (χ0) is 15.2. The number of nitrogens with zero attached hydrogens (tertiary/aromatic N) is 3. The molecule has 4 rings (SSSR count). The van der Waals surface area contributed by atoms with Crippen LogP contribution in [-0.2, 0) is 6.42 Å². The molecule has 114 valence electrons. The fourth-order valence-electron chi connectivity index (χ4n) is 3.68. The molecule has 4 heterocycles. The minimum absolute atomic E-state index is 0.177. The Kier molecular flexibility index (Phi) is 3.11. The molecule has 22 heavy (non-hydrogen) atoms. The van der Waals surface area contributed by atoms with Gasteiger partial charge in [0.2, 0.25) is 0 Å². The predicted octanol–water partition coefficient (Wildman–Crippen LogP) is 2.33. The monoisotopic (exact) mass is 295 g/mol. The van der Waals surface area contributed by atoms with Gasteiger partial charge in [0.15, 0.2) is 5.82 Å². The van der Waals surface area contributed by atoms with Gasteiger partial charge >= 0.3 is 0 Å².